The van der Waals surface area contributed by atoms with Gasteiger partial charge in [-0.2, -0.15) is 0 Å². The molecule has 3 aliphatic rings. The van der Waals surface area contributed by atoms with E-state index < -0.39 is 0 Å². The Morgan fingerprint density at radius 1 is 1.09 bits per heavy atom. The zero-order chi connectivity index (χ0) is 22.4. The largest absolute Gasteiger partial charge is 0.489 e. The van der Waals surface area contributed by atoms with Crippen LogP contribution in [0.5, 0.6) is 11.5 Å². The molecule has 3 N–H and O–H groups in total. The van der Waals surface area contributed by atoms with Crippen molar-refractivity contribution in [3.63, 3.8) is 0 Å². The summed E-state index contributed by atoms with van der Waals surface area (Å²) in [7, 11) is 0. The van der Waals surface area contributed by atoms with Crippen LogP contribution in [0.3, 0.4) is 0 Å². The summed E-state index contributed by atoms with van der Waals surface area (Å²) in [5.74, 6) is 1.48. The molecular formula is C27H25N3O3. The Bertz CT molecular complexity index is 1250. The number of benzene rings is 3. The standard InChI is InChI=1S/C27H25N3O3/c28-23-11-12-30-25-21(23)7-4-8-22(25)27(31)29-26(30)19-13-18-9-10-20(14-24(18)33-16-19)32-15-17-5-2-1-3-6-17/h1-10,13-14,23,26H,11-12,15-16,28H2,(H,29,31)/t23-,26-/m1/s1. The number of hydrogen-bond acceptors (Lipinski definition) is 5. The minimum absolute atomic E-state index is 0.0469. The number of ether oxygens (including phenoxy) is 2. The van der Waals surface area contributed by atoms with Crippen LogP contribution in [0.4, 0.5) is 5.69 Å². The van der Waals surface area contributed by atoms with Gasteiger partial charge in [0.15, 0.2) is 0 Å². The molecule has 0 aliphatic carbocycles. The lowest BCUT2D eigenvalue weighted by Gasteiger charge is -2.45. The molecule has 0 saturated heterocycles. The Balaban J connectivity index is 1.26. The third-order valence-electron chi connectivity index (χ3n) is 6.58. The Kier molecular flexibility index (Phi) is 4.80. The number of nitrogens with two attached hydrogens (primary N) is 1. The monoisotopic (exact) mass is 439 g/mol. The van der Waals surface area contributed by atoms with E-state index in [9.17, 15) is 4.79 Å². The number of para-hydroxylation sites is 1. The van der Waals surface area contributed by atoms with E-state index in [1.54, 1.807) is 0 Å². The van der Waals surface area contributed by atoms with E-state index in [0.717, 1.165) is 52.4 Å². The molecule has 3 aliphatic heterocycles. The van der Waals surface area contributed by atoms with Crippen LogP contribution < -0.4 is 25.4 Å². The van der Waals surface area contributed by atoms with Gasteiger partial charge in [-0.1, -0.05) is 42.5 Å². The third kappa shape index (κ3) is 3.52. The SMILES string of the molecule is N[C@@H]1CCN2c3c(cccc31)C(=O)N[C@H]2C1=Cc2ccc(OCc3ccccc3)cc2OC1. The van der Waals surface area contributed by atoms with Crippen LogP contribution >= 0.6 is 0 Å². The van der Waals surface area contributed by atoms with Gasteiger partial charge in [0.25, 0.3) is 5.91 Å². The summed E-state index contributed by atoms with van der Waals surface area (Å²) >= 11 is 0. The highest BCUT2D eigenvalue weighted by Crippen LogP contribution is 2.41. The maximum absolute atomic E-state index is 12.9. The maximum Gasteiger partial charge on any atom is 0.255 e. The normalized spacial score (nSPS) is 20.7. The predicted molar refractivity (Wildman–Crippen MR) is 127 cm³/mol. The van der Waals surface area contributed by atoms with E-state index in [1.165, 1.54) is 0 Å². The van der Waals surface area contributed by atoms with Crippen molar-refractivity contribution in [2.75, 3.05) is 18.1 Å². The quantitative estimate of drug-likeness (QED) is 0.642. The third-order valence-corrected chi connectivity index (χ3v) is 6.58. The molecule has 33 heavy (non-hydrogen) atoms. The zero-order valence-electron chi connectivity index (χ0n) is 18.2. The minimum atomic E-state index is -0.249. The van der Waals surface area contributed by atoms with Crippen LogP contribution in [0.2, 0.25) is 0 Å². The lowest BCUT2D eigenvalue weighted by Crippen LogP contribution is -2.57. The van der Waals surface area contributed by atoms with Gasteiger partial charge < -0.3 is 25.4 Å². The van der Waals surface area contributed by atoms with Crippen molar-refractivity contribution in [3.05, 3.63) is 94.6 Å². The van der Waals surface area contributed by atoms with Gasteiger partial charge >= 0.3 is 0 Å². The zero-order valence-corrected chi connectivity index (χ0v) is 18.2. The van der Waals surface area contributed by atoms with Gasteiger partial charge in [0.05, 0.1) is 11.3 Å². The van der Waals surface area contributed by atoms with E-state index >= 15 is 0 Å². The maximum atomic E-state index is 12.9. The number of hydrogen-bond donors (Lipinski definition) is 2. The molecule has 6 rings (SSSR count). The number of anilines is 1. The molecular weight excluding hydrogens is 414 g/mol. The molecule has 0 aromatic heterocycles. The van der Waals surface area contributed by atoms with Gasteiger partial charge in [-0.25, -0.2) is 0 Å². The van der Waals surface area contributed by atoms with Gasteiger partial charge in [-0.15, -0.1) is 0 Å². The Hall–Kier alpha value is -3.77. The summed E-state index contributed by atoms with van der Waals surface area (Å²) < 4.78 is 12.1. The van der Waals surface area contributed by atoms with E-state index in [-0.39, 0.29) is 18.1 Å². The molecule has 3 aromatic rings. The summed E-state index contributed by atoms with van der Waals surface area (Å²) in [5.41, 5.74) is 12.2. The van der Waals surface area contributed by atoms with E-state index in [2.05, 4.69) is 16.3 Å². The van der Waals surface area contributed by atoms with Crippen molar-refractivity contribution in [2.45, 2.75) is 25.2 Å². The molecule has 166 valence electrons. The fourth-order valence-electron chi connectivity index (χ4n) is 4.89. The Morgan fingerprint density at radius 2 is 1.97 bits per heavy atom. The highest BCUT2D eigenvalue weighted by molar-refractivity contribution is 6.03. The molecule has 0 radical (unpaired) electrons. The fourth-order valence-corrected chi connectivity index (χ4v) is 4.89. The first-order chi connectivity index (χ1) is 16.2. The van der Waals surface area contributed by atoms with Gasteiger partial charge in [0.2, 0.25) is 0 Å². The Labute approximate surface area is 192 Å². The van der Waals surface area contributed by atoms with Crippen LogP contribution in [0.15, 0.2) is 72.3 Å². The summed E-state index contributed by atoms with van der Waals surface area (Å²) in [6.07, 6.45) is 2.71. The number of nitrogens with one attached hydrogen (secondary N) is 1. The van der Waals surface area contributed by atoms with Crippen molar-refractivity contribution in [2.24, 2.45) is 5.73 Å². The van der Waals surface area contributed by atoms with Gasteiger partial charge in [0, 0.05) is 29.8 Å². The van der Waals surface area contributed by atoms with Gasteiger partial charge in [-0.05, 0) is 41.8 Å². The van der Waals surface area contributed by atoms with Crippen LogP contribution in [0.25, 0.3) is 6.08 Å². The van der Waals surface area contributed by atoms with E-state index in [0.29, 0.717) is 18.8 Å². The number of nitrogens with zero attached hydrogens (tertiary/aromatic N) is 1. The first-order valence-corrected chi connectivity index (χ1v) is 11.3. The summed E-state index contributed by atoms with van der Waals surface area (Å²) in [6, 6.07) is 21.7. The average Bonchev–Trinajstić information content (AvgIpc) is 2.86. The topological polar surface area (TPSA) is 76.8 Å². The number of carbonyl (C=O) groups is 1. The van der Waals surface area contributed by atoms with Crippen molar-refractivity contribution >= 4 is 17.7 Å². The number of rotatable bonds is 4. The van der Waals surface area contributed by atoms with Gasteiger partial charge in [-0.3, -0.25) is 4.79 Å². The first kappa shape index (κ1) is 19.9. The summed E-state index contributed by atoms with van der Waals surface area (Å²) in [4.78, 5) is 15.2. The summed E-state index contributed by atoms with van der Waals surface area (Å²) in [5, 5.41) is 3.17. The average molecular weight is 440 g/mol. The highest BCUT2D eigenvalue weighted by Gasteiger charge is 2.38. The molecule has 3 aromatic carbocycles. The second-order valence-electron chi connectivity index (χ2n) is 8.69. The minimum Gasteiger partial charge on any atom is -0.489 e. The van der Waals surface area contributed by atoms with Crippen molar-refractivity contribution in [1.82, 2.24) is 5.32 Å². The van der Waals surface area contributed by atoms with Crippen molar-refractivity contribution in [3.8, 4) is 11.5 Å². The van der Waals surface area contributed by atoms with E-state index in [4.69, 9.17) is 15.2 Å². The predicted octanol–water partition coefficient (Wildman–Crippen LogP) is 4.02. The lowest BCUT2D eigenvalue weighted by atomic mass is 9.90. The second kappa shape index (κ2) is 7.98. The lowest BCUT2D eigenvalue weighted by molar-refractivity contribution is 0.0930. The van der Waals surface area contributed by atoms with Crippen LogP contribution in [0, 0.1) is 0 Å². The molecule has 0 bridgehead atoms. The molecule has 0 fully saturated rings. The van der Waals surface area contributed by atoms with Crippen molar-refractivity contribution < 1.29 is 14.3 Å². The molecule has 0 saturated carbocycles. The number of carbonyl (C=O) groups excluding carboxylic acids is 1. The molecule has 3 heterocycles. The first-order valence-electron chi connectivity index (χ1n) is 11.3. The van der Waals surface area contributed by atoms with Crippen LogP contribution in [-0.2, 0) is 6.61 Å². The van der Waals surface area contributed by atoms with Crippen molar-refractivity contribution in [1.29, 1.82) is 0 Å². The fraction of sp³-hybridized carbons (Fsp3) is 0.222. The molecule has 6 heteroatoms. The number of amides is 1. The molecule has 6 nitrogen and oxygen atoms in total. The second-order valence-corrected chi connectivity index (χ2v) is 8.69. The Morgan fingerprint density at radius 3 is 2.85 bits per heavy atom. The van der Waals surface area contributed by atoms with E-state index in [1.807, 2.05) is 66.7 Å². The smallest absolute Gasteiger partial charge is 0.255 e. The molecule has 0 spiro atoms. The van der Waals surface area contributed by atoms with Gasteiger partial charge in [0.1, 0.15) is 30.9 Å². The number of fused-ring (bicyclic) bond motifs is 1. The molecule has 2 atom stereocenters. The highest BCUT2D eigenvalue weighted by atomic mass is 16.5. The van der Waals surface area contributed by atoms with Crippen LogP contribution in [0.1, 0.15) is 39.5 Å². The molecule has 1 amide bonds. The van der Waals surface area contributed by atoms with Crippen LogP contribution in [-0.4, -0.2) is 25.2 Å². The molecule has 0 unspecified atom stereocenters. The summed E-state index contributed by atoms with van der Waals surface area (Å²) in [6.45, 7) is 1.69.